The molecule has 0 spiro atoms. The number of nitrogens with zero attached hydrogens (tertiary/aromatic N) is 4. The van der Waals surface area contributed by atoms with Gasteiger partial charge in [-0.05, 0) is 12.8 Å². The molecule has 21 heavy (non-hydrogen) atoms. The summed E-state index contributed by atoms with van der Waals surface area (Å²) in [5.74, 6) is 0.0462. The van der Waals surface area contributed by atoms with Gasteiger partial charge in [-0.25, -0.2) is 0 Å². The Morgan fingerprint density at radius 3 is 3.10 bits per heavy atom. The number of amides is 1. The van der Waals surface area contributed by atoms with Crippen molar-refractivity contribution < 1.29 is 9.53 Å². The first-order chi connectivity index (χ1) is 10.3. The maximum atomic E-state index is 12.5. The molecule has 1 amide bonds. The minimum Gasteiger partial charge on any atom is -0.377 e. The van der Waals surface area contributed by atoms with Gasteiger partial charge in [-0.2, -0.15) is 0 Å². The zero-order valence-corrected chi connectivity index (χ0v) is 12.3. The maximum absolute atomic E-state index is 12.5. The van der Waals surface area contributed by atoms with Crippen molar-refractivity contribution in [1.82, 2.24) is 19.9 Å². The number of carbonyl (C=O) groups is 1. The SMILES string of the molecule is O=C(c1cncs1)N1CCOCC1CCc1cnccn1. The molecule has 0 bridgehead atoms. The van der Waals surface area contributed by atoms with Crippen molar-refractivity contribution in [3.8, 4) is 0 Å². The zero-order valence-electron chi connectivity index (χ0n) is 11.5. The first kappa shape index (κ1) is 14.1. The summed E-state index contributed by atoms with van der Waals surface area (Å²) in [6.45, 7) is 1.79. The molecule has 6 nitrogen and oxygen atoms in total. The van der Waals surface area contributed by atoms with E-state index in [2.05, 4.69) is 15.0 Å². The first-order valence-electron chi connectivity index (χ1n) is 6.86. The van der Waals surface area contributed by atoms with Crippen molar-refractivity contribution in [2.24, 2.45) is 0 Å². The minimum atomic E-state index is 0.0462. The van der Waals surface area contributed by atoms with Gasteiger partial charge in [-0.15, -0.1) is 11.3 Å². The molecular formula is C14H16N4O2S. The third kappa shape index (κ3) is 3.43. The fourth-order valence-electron chi connectivity index (χ4n) is 2.40. The molecule has 0 aliphatic carbocycles. The number of hydrogen-bond acceptors (Lipinski definition) is 6. The molecule has 0 aromatic carbocycles. The number of morpholine rings is 1. The highest BCUT2D eigenvalue weighted by Crippen LogP contribution is 2.18. The monoisotopic (exact) mass is 304 g/mol. The quantitative estimate of drug-likeness (QED) is 0.854. The fraction of sp³-hybridized carbons (Fsp3) is 0.429. The molecule has 1 unspecified atom stereocenters. The second-order valence-electron chi connectivity index (χ2n) is 4.83. The molecule has 3 rings (SSSR count). The van der Waals surface area contributed by atoms with Gasteiger partial charge in [-0.3, -0.25) is 19.7 Å². The standard InChI is InChI=1S/C14H16N4O2S/c19-14(13-8-16-10-21-13)18-5-6-20-9-12(18)2-1-11-7-15-3-4-17-11/h3-4,7-8,10,12H,1-2,5-6,9H2. The van der Waals surface area contributed by atoms with Crippen LogP contribution in [0.3, 0.4) is 0 Å². The minimum absolute atomic E-state index is 0.0462. The summed E-state index contributed by atoms with van der Waals surface area (Å²) in [5.41, 5.74) is 2.62. The van der Waals surface area contributed by atoms with Crippen LogP contribution in [0.25, 0.3) is 0 Å². The van der Waals surface area contributed by atoms with Crippen LogP contribution in [-0.2, 0) is 11.2 Å². The molecule has 7 heteroatoms. The second-order valence-corrected chi connectivity index (χ2v) is 5.71. The van der Waals surface area contributed by atoms with Crippen LogP contribution in [0.15, 0.2) is 30.3 Å². The Morgan fingerprint density at radius 1 is 1.38 bits per heavy atom. The molecule has 110 valence electrons. The van der Waals surface area contributed by atoms with E-state index in [4.69, 9.17) is 4.74 Å². The van der Waals surface area contributed by atoms with E-state index < -0.39 is 0 Å². The van der Waals surface area contributed by atoms with Crippen LogP contribution in [0, 0.1) is 0 Å². The topological polar surface area (TPSA) is 68.2 Å². The number of aryl methyl sites for hydroxylation is 1. The molecule has 2 aromatic heterocycles. The zero-order chi connectivity index (χ0) is 14.5. The van der Waals surface area contributed by atoms with E-state index in [9.17, 15) is 4.79 Å². The molecule has 1 aliphatic rings. The molecule has 3 heterocycles. The Kier molecular flexibility index (Phi) is 4.52. The number of ether oxygens (including phenoxy) is 1. The summed E-state index contributed by atoms with van der Waals surface area (Å²) in [4.78, 5) is 27.4. The Morgan fingerprint density at radius 2 is 2.33 bits per heavy atom. The predicted molar refractivity (Wildman–Crippen MR) is 78.1 cm³/mol. The largest absolute Gasteiger partial charge is 0.377 e. The van der Waals surface area contributed by atoms with Gasteiger partial charge in [0.15, 0.2) is 0 Å². The number of rotatable bonds is 4. The van der Waals surface area contributed by atoms with E-state index in [1.165, 1.54) is 11.3 Å². The summed E-state index contributed by atoms with van der Waals surface area (Å²) in [6.07, 6.45) is 8.35. The van der Waals surface area contributed by atoms with Crippen molar-refractivity contribution in [2.75, 3.05) is 19.8 Å². The molecule has 0 saturated carbocycles. The van der Waals surface area contributed by atoms with Gasteiger partial charge in [0.1, 0.15) is 4.88 Å². The van der Waals surface area contributed by atoms with E-state index in [1.807, 2.05) is 4.90 Å². The van der Waals surface area contributed by atoms with Crippen molar-refractivity contribution in [3.05, 3.63) is 40.9 Å². The lowest BCUT2D eigenvalue weighted by atomic mass is 10.1. The van der Waals surface area contributed by atoms with Crippen LogP contribution in [0.1, 0.15) is 21.8 Å². The van der Waals surface area contributed by atoms with Crippen LogP contribution in [-0.4, -0.2) is 51.6 Å². The Balaban J connectivity index is 1.65. The highest BCUT2D eigenvalue weighted by Gasteiger charge is 2.28. The highest BCUT2D eigenvalue weighted by atomic mass is 32.1. The maximum Gasteiger partial charge on any atom is 0.265 e. The van der Waals surface area contributed by atoms with Crippen LogP contribution in [0.2, 0.25) is 0 Å². The highest BCUT2D eigenvalue weighted by molar-refractivity contribution is 7.11. The van der Waals surface area contributed by atoms with Gasteiger partial charge in [0.2, 0.25) is 0 Å². The molecular weight excluding hydrogens is 288 g/mol. The summed E-state index contributed by atoms with van der Waals surface area (Å²) < 4.78 is 5.53. The average molecular weight is 304 g/mol. The van der Waals surface area contributed by atoms with Crippen LogP contribution in [0.5, 0.6) is 0 Å². The van der Waals surface area contributed by atoms with Crippen molar-refractivity contribution in [2.45, 2.75) is 18.9 Å². The van der Waals surface area contributed by atoms with Gasteiger partial charge >= 0.3 is 0 Å². The Hall–Kier alpha value is -1.86. The number of carbonyl (C=O) groups excluding carboxylic acids is 1. The van der Waals surface area contributed by atoms with Crippen LogP contribution >= 0.6 is 11.3 Å². The van der Waals surface area contributed by atoms with Crippen molar-refractivity contribution in [3.63, 3.8) is 0 Å². The average Bonchev–Trinajstić information content (AvgIpc) is 3.08. The third-order valence-corrected chi connectivity index (χ3v) is 4.24. The predicted octanol–water partition coefficient (Wildman–Crippen LogP) is 1.41. The van der Waals surface area contributed by atoms with Gasteiger partial charge < -0.3 is 9.64 Å². The molecule has 1 atom stereocenters. The Bertz CT molecular complexity index is 576. The molecule has 0 N–H and O–H groups in total. The smallest absolute Gasteiger partial charge is 0.265 e. The lowest BCUT2D eigenvalue weighted by Crippen LogP contribution is -2.48. The fourth-order valence-corrected chi connectivity index (χ4v) is 2.97. The van der Waals surface area contributed by atoms with Crippen LogP contribution in [0.4, 0.5) is 0 Å². The number of hydrogen-bond donors (Lipinski definition) is 0. The summed E-state index contributed by atoms with van der Waals surface area (Å²) >= 11 is 1.38. The molecule has 1 fully saturated rings. The molecule has 1 aliphatic heterocycles. The molecule has 2 aromatic rings. The van der Waals surface area contributed by atoms with Gasteiger partial charge in [0, 0.05) is 25.1 Å². The number of aromatic nitrogens is 3. The van der Waals surface area contributed by atoms with Crippen molar-refractivity contribution in [1.29, 1.82) is 0 Å². The normalized spacial score (nSPS) is 18.7. The number of thiazole rings is 1. The van der Waals surface area contributed by atoms with E-state index in [1.54, 1.807) is 30.3 Å². The van der Waals surface area contributed by atoms with Gasteiger partial charge in [-0.1, -0.05) is 0 Å². The molecule has 0 radical (unpaired) electrons. The summed E-state index contributed by atoms with van der Waals surface area (Å²) in [5, 5.41) is 0. The van der Waals surface area contributed by atoms with Gasteiger partial charge in [0.25, 0.3) is 5.91 Å². The Labute approximate surface area is 126 Å². The van der Waals surface area contributed by atoms with Crippen molar-refractivity contribution >= 4 is 17.2 Å². The van der Waals surface area contributed by atoms with E-state index in [-0.39, 0.29) is 11.9 Å². The van der Waals surface area contributed by atoms with Crippen LogP contribution < -0.4 is 0 Å². The first-order valence-corrected chi connectivity index (χ1v) is 7.74. The third-order valence-electron chi connectivity index (χ3n) is 3.48. The van der Waals surface area contributed by atoms with E-state index >= 15 is 0 Å². The van der Waals surface area contributed by atoms with E-state index in [0.29, 0.717) is 24.6 Å². The lowest BCUT2D eigenvalue weighted by molar-refractivity contribution is -0.00388. The molecule has 1 saturated heterocycles. The summed E-state index contributed by atoms with van der Waals surface area (Å²) in [6, 6.07) is 0.0790. The summed E-state index contributed by atoms with van der Waals surface area (Å²) in [7, 11) is 0. The van der Waals surface area contributed by atoms with Gasteiger partial charge in [0.05, 0.1) is 36.7 Å². The lowest BCUT2D eigenvalue weighted by Gasteiger charge is -2.35. The second kappa shape index (κ2) is 6.73. The van der Waals surface area contributed by atoms with E-state index in [0.717, 1.165) is 18.5 Å².